The van der Waals surface area contributed by atoms with E-state index in [0.717, 1.165) is 11.1 Å². The fraction of sp³-hybridized carbons (Fsp3) is 0.100. The van der Waals surface area contributed by atoms with Crippen LogP contribution >= 0.6 is 11.3 Å². The van der Waals surface area contributed by atoms with E-state index in [1.54, 1.807) is 5.51 Å². The number of hydrogen-bond donors (Lipinski definition) is 2. The molecule has 2 aromatic carbocycles. The summed E-state index contributed by atoms with van der Waals surface area (Å²) in [5, 5.41) is 2.64. The zero-order valence-corrected chi connectivity index (χ0v) is 15.1. The molecule has 27 heavy (non-hydrogen) atoms. The summed E-state index contributed by atoms with van der Waals surface area (Å²) < 4.78 is 0. The average molecular weight is 379 g/mol. The normalized spacial score (nSPS) is 11.6. The lowest BCUT2D eigenvalue weighted by molar-refractivity contribution is -0.137. The molecule has 0 aliphatic heterocycles. The van der Waals surface area contributed by atoms with Gasteiger partial charge < -0.3 is 11.1 Å². The number of amides is 2. The molecule has 136 valence electrons. The second-order valence-electron chi connectivity index (χ2n) is 5.84. The molecular formula is C20H17N3O3S. The number of hydrogen-bond acceptors (Lipinski definition) is 5. The SMILES string of the molecule is NC(=O)C(=O)C(Cc1ccccc1)NC(=O)c1scnc1-c1ccccc1. The summed E-state index contributed by atoms with van der Waals surface area (Å²) in [6, 6.07) is 17.3. The number of nitrogens with one attached hydrogen (secondary N) is 1. The van der Waals surface area contributed by atoms with Gasteiger partial charge in [0.1, 0.15) is 10.9 Å². The van der Waals surface area contributed by atoms with Crippen LogP contribution in [0.1, 0.15) is 15.2 Å². The maximum atomic E-state index is 12.8. The predicted octanol–water partition coefficient (Wildman–Crippen LogP) is 2.21. The molecule has 0 spiro atoms. The number of primary amides is 1. The molecule has 3 N–H and O–H groups in total. The highest BCUT2D eigenvalue weighted by atomic mass is 32.1. The van der Waals surface area contributed by atoms with Crippen molar-refractivity contribution in [3.63, 3.8) is 0 Å². The van der Waals surface area contributed by atoms with E-state index < -0.39 is 23.6 Å². The second kappa shape index (κ2) is 8.37. The molecule has 3 aromatic rings. The van der Waals surface area contributed by atoms with Crippen molar-refractivity contribution >= 4 is 28.9 Å². The summed E-state index contributed by atoms with van der Waals surface area (Å²) in [4.78, 5) is 41.0. The zero-order valence-electron chi connectivity index (χ0n) is 14.3. The van der Waals surface area contributed by atoms with Crippen molar-refractivity contribution in [3.8, 4) is 11.3 Å². The fourth-order valence-electron chi connectivity index (χ4n) is 2.66. The number of Topliss-reactive ketones (excluding diaryl/α,β-unsaturated/α-hetero) is 1. The van der Waals surface area contributed by atoms with Crippen molar-refractivity contribution in [2.45, 2.75) is 12.5 Å². The van der Waals surface area contributed by atoms with Crippen LogP contribution in [0, 0.1) is 0 Å². The fourth-order valence-corrected chi connectivity index (χ4v) is 3.38. The van der Waals surface area contributed by atoms with Gasteiger partial charge in [-0.2, -0.15) is 0 Å². The van der Waals surface area contributed by atoms with Crippen molar-refractivity contribution in [2.24, 2.45) is 5.73 Å². The molecule has 0 bridgehead atoms. The molecule has 0 saturated heterocycles. The first-order chi connectivity index (χ1) is 13.1. The van der Waals surface area contributed by atoms with Crippen LogP contribution in [-0.2, 0) is 16.0 Å². The van der Waals surface area contributed by atoms with Crippen LogP contribution in [0.25, 0.3) is 11.3 Å². The third kappa shape index (κ3) is 4.45. The monoisotopic (exact) mass is 379 g/mol. The quantitative estimate of drug-likeness (QED) is 0.614. The third-order valence-corrected chi connectivity index (χ3v) is 4.79. The molecule has 1 unspecified atom stereocenters. The van der Waals surface area contributed by atoms with Gasteiger partial charge in [0.05, 0.1) is 11.2 Å². The van der Waals surface area contributed by atoms with Crippen LogP contribution in [0.15, 0.2) is 66.2 Å². The minimum atomic E-state index is -1.08. The summed E-state index contributed by atoms with van der Waals surface area (Å²) >= 11 is 1.17. The van der Waals surface area contributed by atoms with Crippen LogP contribution in [0.5, 0.6) is 0 Å². The number of nitrogens with two attached hydrogens (primary N) is 1. The number of thiazole rings is 1. The Kier molecular flexibility index (Phi) is 5.73. The summed E-state index contributed by atoms with van der Waals surface area (Å²) in [6.07, 6.45) is 0.174. The predicted molar refractivity (Wildman–Crippen MR) is 103 cm³/mol. The van der Waals surface area contributed by atoms with E-state index in [-0.39, 0.29) is 6.42 Å². The van der Waals surface area contributed by atoms with Gasteiger partial charge in [0.15, 0.2) is 0 Å². The van der Waals surface area contributed by atoms with Gasteiger partial charge in [-0.05, 0) is 5.56 Å². The molecule has 3 rings (SSSR count). The van der Waals surface area contributed by atoms with Gasteiger partial charge in [0.2, 0.25) is 5.78 Å². The van der Waals surface area contributed by atoms with Crippen LogP contribution in [0.2, 0.25) is 0 Å². The molecule has 0 saturated carbocycles. The number of carbonyl (C=O) groups is 3. The zero-order chi connectivity index (χ0) is 19.2. The number of ketones is 1. The van der Waals surface area contributed by atoms with Crippen molar-refractivity contribution in [1.29, 1.82) is 0 Å². The molecule has 7 heteroatoms. The molecule has 0 aliphatic carbocycles. The van der Waals surface area contributed by atoms with E-state index in [9.17, 15) is 14.4 Å². The molecular weight excluding hydrogens is 362 g/mol. The summed E-state index contributed by atoms with van der Waals surface area (Å²) in [5.41, 5.74) is 8.86. The standard InChI is InChI=1S/C20H17N3O3S/c21-19(25)17(24)15(11-13-7-3-1-4-8-13)23-20(26)18-16(22-12-27-18)14-9-5-2-6-10-14/h1-10,12,15H,11H2,(H2,21,25)(H,23,26). The number of carbonyl (C=O) groups excluding carboxylic acids is 3. The van der Waals surface area contributed by atoms with Crippen molar-refractivity contribution < 1.29 is 14.4 Å². The second-order valence-corrected chi connectivity index (χ2v) is 6.70. The Morgan fingerprint density at radius 2 is 1.63 bits per heavy atom. The van der Waals surface area contributed by atoms with Crippen LogP contribution in [0.4, 0.5) is 0 Å². The van der Waals surface area contributed by atoms with E-state index in [4.69, 9.17) is 5.73 Å². The van der Waals surface area contributed by atoms with Gasteiger partial charge in [-0.25, -0.2) is 4.98 Å². The Bertz CT molecular complexity index is 955. The van der Waals surface area contributed by atoms with Gasteiger partial charge in [0.25, 0.3) is 11.8 Å². The van der Waals surface area contributed by atoms with Crippen molar-refractivity contribution in [3.05, 3.63) is 76.6 Å². The number of nitrogens with zero attached hydrogens (tertiary/aromatic N) is 1. The molecule has 1 heterocycles. The Hall–Kier alpha value is -3.32. The highest BCUT2D eigenvalue weighted by Crippen LogP contribution is 2.25. The molecule has 0 fully saturated rings. The molecule has 6 nitrogen and oxygen atoms in total. The van der Waals surface area contributed by atoms with E-state index in [2.05, 4.69) is 10.3 Å². The van der Waals surface area contributed by atoms with Crippen LogP contribution in [-0.4, -0.2) is 28.6 Å². The Morgan fingerprint density at radius 3 is 2.26 bits per heavy atom. The van der Waals surface area contributed by atoms with Crippen molar-refractivity contribution in [2.75, 3.05) is 0 Å². The number of benzene rings is 2. The Labute approximate surface area is 160 Å². The number of aromatic nitrogens is 1. The summed E-state index contributed by atoms with van der Waals surface area (Å²) in [5.74, 6) is -2.38. The van der Waals surface area contributed by atoms with Gasteiger partial charge in [0, 0.05) is 12.0 Å². The summed E-state index contributed by atoms with van der Waals surface area (Å²) in [7, 11) is 0. The van der Waals surface area contributed by atoms with E-state index >= 15 is 0 Å². The highest BCUT2D eigenvalue weighted by molar-refractivity contribution is 7.12. The minimum Gasteiger partial charge on any atom is -0.363 e. The van der Waals surface area contributed by atoms with Crippen LogP contribution < -0.4 is 11.1 Å². The van der Waals surface area contributed by atoms with Gasteiger partial charge >= 0.3 is 0 Å². The van der Waals surface area contributed by atoms with Crippen LogP contribution in [0.3, 0.4) is 0 Å². The van der Waals surface area contributed by atoms with Gasteiger partial charge in [-0.3, -0.25) is 14.4 Å². The smallest absolute Gasteiger partial charge is 0.287 e. The van der Waals surface area contributed by atoms with Gasteiger partial charge in [-0.1, -0.05) is 60.7 Å². The lowest BCUT2D eigenvalue weighted by atomic mass is 10.0. The number of rotatable bonds is 7. The average Bonchev–Trinajstić information content (AvgIpc) is 3.18. The summed E-state index contributed by atoms with van der Waals surface area (Å²) in [6.45, 7) is 0. The van der Waals surface area contributed by atoms with Crippen molar-refractivity contribution in [1.82, 2.24) is 10.3 Å². The largest absolute Gasteiger partial charge is 0.363 e. The highest BCUT2D eigenvalue weighted by Gasteiger charge is 2.27. The van der Waals surface area contributed by atoms with E-state index in [0.29, 0.717) is 10.6 Å². The lowest BCUT2D eigenvalue weighted by Crippen LogP contribution is -2.47. The van der Waals surface area contributed by atoms with E-state index in [1.165, 1.54) is 11.3 Å². The Balaban J connectivity index is 1.84. The molecule has 0 aliphatic rings. The third-order valence-electron chi connectivity index (χ3n) is 3.97. The lowest BCUT2D eigenvalue weighted by Gasteiger charge is -2.16. The van der Waals surface area contributed by atoms with Gasteiger partial charge in [-0.15, -0.1) is 11.3 Å². The minimum absolute atomic E-state index is 0.174. The molecule has 2 amide bonds. The first kappa shape index (κ1) is 18.5. The molecule has 1 atom stereocenters. The molecule has 0 radical (unpaired) electrons. The van der Waals surface area contributed by atoms with E-state index in [1.807, 2.05) is 60.7 Å². The Morgan fingerprint density at radius 1 is 1.00 bits per heavy atom. The first-order valence-electron chi connectivity index (χ1n) is 8.23. The topological polar surface area (TPSA) is 102 Å². The first-order valence-corrected chi connectivity index (χ1v) is 9.11. The molecule has 1 aromatic heterocycles. The maximum Gasteiger partial charge on any atom is 0.287 e. The maximum absolute atomic E-state index is 12.8.